The summed E-state index contributed by atoms with van der Waals surface area (Å²) in [5.74, 6) is 1.44. The Hall–Kier alpha value is 0.580. The molecule has 0 aromatic carbocycles. The molecule has 0 aliphatic carbocycles. The van der Waals surface area contributed by atoms with E-state index >= 15 is 0 Å². The van der Waals surface area contributed by atoms with E-state index in [0.29, 0.717) is 0 Å². The van der Waals surface area contributed by atoms with Gasteiger partial charge in [-0.05, 0) is 18.3 Å². The van der Waals surface area contributed by atoms with Crippen molar-refractivity contribution < 1.29 is 0 Å². The predicted molar refractivity (Wildman–Crippen MR) is 72.2 cm³/mol. The van der Waals surface area contributed by atoms with Gasteiger partial charge in [0, 0.05) is 11.8 Å². The van der Waals surface area contributed by atoms with Gasteiger partial charge < -0.3 is 0 Å². The molecule has 0 aliphatic rings. The maximum Gasteiger partial charge on any atom is 0.0291 e. The fraction of sp³-hybridized carbons (Fsp3) is 1.00. The molecule has 0 N–H and O–H groups in total. The van der Waals surface area contributed by atoms with Gasteiger partial charge in [0.25, 0.3) is 0 Å². The van der Waals surface area contributed by atoms with E-state index in [-0.39, 0.29) is 5.41 Å². The monoisotopic (exact) mass is 252 g/mol. The van der Waals surface area contributed by atoms with E-state index in [0.717, 1.165) is 11.8 Å². The first kappa shape index (κ1) is 15.6. The third kappa shape index (κ3) is 6.68. The Kier molecular flexibility index (Phi) is 10.2. The van der Waals surface area contributed by atoms with Crippen molar-refractivity contribution in [3.8, 4) is 0 Å². The maximum atomic E-state index is 6.06. The Morgan fingerprint density at radius 3 is 1.80 bits per heavy atom. The van der Waals surface area contributed by atoms with Crippen LogP contribution in [0.4, 0.5) is 0 Å². The van der Waals surface area contributed by atoms with Crippen LogP contribution in [0.15, 0.2) is 0 Å². The van der Waals surface area contributed by atoms with Crippen molar-refractivity contribution in [2.24, 2.45) is 5.41 Å². The lowest BCUT2D eigenvalue weighted by molar-refractivity contribution is 0.302. The van der Waals surface area contributed by atoms with Gasteiger partial charge in [-0.1, -0.05) is 52.4 Å². The largest absolute Gasteiger partial charge is 0.126 e. The minimum atomic E-state index is 0.212. The van der Waals surface area contributed by atoms with E-state index in [1.54, 1.807) is 0 Å². The molecule has 0 aromatic heterocycles. The summed E-state index contributed by atoms with van der Waals surface area (Å²) in [5.41, 5.74) is 0.212. The van der Waals surface area contributed by atoms with Crippen LogP contribution in [0.5, 0.6) is 0 Å². The molecule has 0 rings (SSSR count). The highest BCUT2D eigenvalue weighted by molar-refractivity contribution is 6.21. The van der Waals surface area contributed by atoms with Crippen LogP contribution in [0, 0.1) is 5.41 Å². The molecule has 92 valence electrons. The zero-order chi connectivity index (χ0) is 11.6. The normalized spacial score (nSPS) is 12.0. The van der Waals surface area contributed by atoms with Gasteiger partial charge in [-0.25, -0.2) is 0 Å². The van der Waals surface area contributed by atoms with Gasteiger partial charge >= 0.3 is 0 Å². The minimum absolute atomic E-state index is 0.212. The second-order valence-electron chi connectivity index (χ2n) is 4.68. The van der Waals surface area contributed by atoms with Gasteiger partial charge in [-0.15, -0.1) is 23.2 Å². The van der Waals surface area contributed by atoms with Crippen molar-refractivity contribution in [3.05, 3.63) is 0 Å². The van der Waals surface area contributed by atoms with Gasteiger partial charge in [0.1, 0.15) is 0 Å². The third-order valence-electron chi connectivity index (χ3n) is 3.16. The smallest absolute Gasteiger partial charge is 0.0291 e. The van der Waals surface area contributed by atoms with Crippen LogP contribution < -0.4 is 0 Å². The molecular weight excluding hydrogens is 227 g/mol. The molecule has 0 spiro atoms. The number of rotatable bonds is 10. The second kappa shape index (κ2) is 9.78. The first-order valence-electron chi connectivity index (χ1n) is 6.36. The molecule has 0 fully saturated rings. The number of hydrogen-bond donors (Lipinski definition) is 0. The summed E-state index contributed by atoms with van der Waals surface area (Å²) in [6.07, 6.45) is 10.2. The molecule has 0 saturated heterocycles. The lowest BCUT2D eigenvalue weighted by Crippen LogP contribution is -2.25. The molecule has 0 heterocycles. The molecule has 15 heavy (non-hydrogen) atoms. The molecule has 2 heteroatoms. The van der Waals surface area contributed by atoms with E-state index in [1.807, 2.05) is 0 Å². The standard InChI is InChI=1S/C13H26Cl2/c1-3-5-6-7-8-10-13(11-14,12-15)9-4-2/h3-12H2,1-2H3. The summed E-state index contributed by atoms with van der Waals surface area (Å²) in [6.45, 7) is 4.46. The van der Waals surface area contributed by atoms with Gasteiger partial charge in [-0.3, -0.25) is 0 Å². The summed E-state index contributed by atoms with van der Waals surface area (Å²) in [7, 11) is 0. The third-order valence-corrected chi connectivity index (χ3v) is 4.29. The van der Waals surface area contributed by atoms with E-state index in [1.165, 1.54) is 51.4 Å². The zero-order valence-electron chi connectivity index (χ0n) is 10.3. The number of hydrogen-bond acceptors (Lipinski definition) is 0. The second-order valence-corrected chi connectivity index (χ2v) is 5.22. The molecule has 0 atom stereocenters. The Morgan fingerprint density at radius 2 is 1.33 bits per heavy atom. The molecular formula is C13H26Cl2. The molecule has 0 nitrogen and oxygen atoms in total. The Balaban J connectivity index is 3.74. The van der Waals surface area contributed by atoms with E-state index in [4.69, 9.17) is 23.2 Å². The summed E-state index contributed by atoms with van der Waals surface area (Å²) in [4.78, 5) is 0. The highest BCUT2D eigenvalue weighted by Gasteiger charge is 2.26. The Morgan fingerprint density at radius 1 is 0.733 bits per heavy atom. The van der Waals surface area contributed by atoms with Gasteiger partial charge in [0.15, 0.2) is 0 Å². The molecule has 0 unspecified atom stereocenters. The first-order chi connectivity index (χ1) is 7.24. The highest BCUT2D eigenvalue weighted by atomic mass is 35.5. The average molecular weight is 253 g/mol. The Bertz CT molecular complexity index is 130. The van der Waals surface area contributed by atoms with Gasteiger partial charge in [0.2, 0.25) is 0 Å². The van der Waals surface area contributed by atoms with Crippen molar-refractivity contribution in [2.75, 3.05) is 11.8 Å². The summed E-state index contributed by atoms with van der Waals surface area (Å²) >= 11 is 12.1. The maximum absolute atomic E-state index is 6.06. The van der Waals surface area contributed by atoms with Crippen molar-refractivity contribution in [1.29, 1.82) is 0 Å². The van der Waals surface area contributed by atoms with Crippen molar-refractivity contribution in [3.63, 3.8) is 0 Å². The van der Waals surface area contributed by atoms with Crippen molar-refractivity contribution >= 4 is 23.2 Å². The molecule has 0 radical (unpaired) electrons. The molecule has 0 amide bonds. The summed E-state index contributed by atoms with van der Waals surface area (Å²) in [5, 5.41) is 0. The molecule has 0 aliphatic heterocycles. The van der Waals surface area contributed by atoms with Crippen LogP contribution >= 0.6 is 23.2 Å². The SMILES string of the molecule is CCCCCCCC(CCl)(CCl)CCC. The van der Waals surface area contributed by atoms with Crippen LogP contribution in [0.1, 0.15) is 65.2 Å². The molecule has 0 saturated carbocycles. The number of halogens is 2. The summed E-state index contributed by atoms with van der Waals surface area (Å²) < 4.78 is 0. The zero-order valence-corrected chi connectivity index (χ0v) is 11.8. The number of alkyl halides is 2. The number of unbranched alkanes of at least 4 members (excludes halogenated alkanes) is 4. The predicted octanol–water partition coefficient (Wildman–Crippen LogP) is 5.61. The highest BCUT2D eigenvalue weighted by Crippen LogP contribution is 2.33. The quantitative estimate of drug-likeness (QED) is 0.350. The summed E-state index contributed by atoms with van der Waals surface area (Å²) in [6, 6.07) is 0. The lowest BCUT2D eigenvalue weighted by atomic mass is 9.82. The molecule has 0 bridgehead atoms. The van der Waals surface area contributed by atoms with E-state index in [9.17, 15) is 0 Å². The van der Waals surface area contributed by atoms with Crippen LogP contribution in [-0.2, 0) is 0 Å². The van der Waals surface area contributed by atoms with E-state index < -0.39 is 0 Å². The van der Waals surface area contributed by atoms with Crippen molar-refractivity contribution in [1.82, 2.24) is 0 Å². The van der Waals surface area contributed by atoms with Crippen LogP contribution in [0.2, 0.25) is 0 Å². The minimum Gasteiger partial charge on any atom is -0.126 e. The van der Waals surface area contributed by atoms with Crippen molar-refractivity contribution in [2.45, 2.75) is 65.2 Å². The van der Waals surface area contributed by atoms with Gasteiger partial charge in [0.05, 0.1) is 0 Å². The lowest BCUT2D eigenvalue weighted by Gasteiger charge is -2.29. The Labute approximate surface area is 106 Å². The first-order valence-corrected chi connectivity index (χ1v) is 7.43. The van der Waals surface area contributed by atoms with Crippen LogP contribution in [0.3, 0.4) is 0 Å². The topological polar surface area (TPSA) is 0 Å². The fourth-order valence-electron chi connectivity index (χ4n) is 2.06. The fourth-order valence-corrected chi connectivity index (χ4v) is 2.88. The van der Waals surface area contributed by atoms with Crippen LogP contribution in [-0.4, -0.2) is 11.8 Å². The van der Waals surface area contributed by atoms with E-state index in [2.05, 4.69) is 13.8 Å². The average Bonchev–Trinajstić information content (AvgIpc) is 2.27. The van der Waals surface area contributed by atoms with Gasteiger partial charge in [-0.2, -0.15) is 0 Å². The van der Waals surface area contributed by atoms with Crippen LogP contribution in [0.25, 0.3) is 0 Å². The molecule has 0 aromatic rings.